The van der Waals surface area contributed by atoms with Gasteiger partial charge >= 0.3 is 0 Å². The Morgan fingerprint density at radius 1 is 1.33 bits per heavy atom. The van der Waals surface area contributed by atoms with Crippen LogP contribution in [-0.4, -0.2) is 26.7 Å². The lowest BCUT2D eigenvalue weighted by molar-refractivity contribution is 0.100. The molecule has 0 radical (unpaired) electrons. The molecule has 2 rings (SSSR count). The highest BCUT2D eigenvalue weighted by molar-refractivity contribution is 6.03. The Morgan fingerprint density at radius 2 is 2.11 bits per heavy atom. The highest BCUT2D eigenvalue weighted by atomic mass is 16.2. The highest BCUT2D eigenvalue weighted by Gasteiger charge is 2.10. The minimum Gasteiger partial charge on any atom is -0.321 e. The number of anilines is 1. The number of aromatic nitrogens is 3. The number of nitrogens with zero attached hydrogens (tertiary/aromatic N) is 3. The number of carbonyl (C=O) groups excluding carboxylic acids is 2. The van der Waals surface area contributed by atoms with Crippen LogP contribution in [0.25, 0.3) is 0 Å². The van der Waals surface area contributed by atoms with Crippen LogP contribution in [0.5, 0.6) is 0 Å². The fourth-order valence-corrected chi connectivity index (χ4v) is 1.46. The number of Topliss-reactive ketones (excluding diaryl/α,β-unsaturated/α-hetero) is 1. The van der Waals surface area contributed by atoms with Crippen molar-refractivity contribution in [2.75, 3.05) is 5.32 Å². The standard InChI is InChI=1S/C12H12N4O2/c1-8(17)9-4-3-5-10(6-9)14-12(18)11-7-13-16(2)15-11/h3-7H,1-2H3,(H,14,18). The molecule has 0 fully saturated rings. The third kappa shape index (κ3) is 2.60. The van der Waals surface area contributed by atoms with Crippen molar-refractivity contribution in [1.82, 2.24) is 15.0 Å². The fourth-order valence-electron chi connectivity index (χ4n) is 1.46. The molecule has 0 saturated carbocycles. The first-order valence-electron chi connectivity index (χ1n) is 5.35. The van der Waals surface area contributed by atoms with Gasteiger partial charge in [0.2, 0.25) is 0 Å². The minimum atomic E-state index is -0.358. The zero-order valence-corrected chi connectivity index (χ0v) is 10.0. The number of rotatable bonds is 3. The molecule has 2 aromatic rings. The zero-order valence-electron chi connectivity index (χ0n) is 10.0. The van der Waals surface area contributed by atoms with Crippen molar-refractivity contribution in [1.29, 1.82) is 0 Å². The topological polar surface area (TPSA) is 76.9 Å². The van der Waals surface area contributed by atoms with Gasteiger partial charge in [0.25, 0.3) is 5.91 Å². The Hall–Kier alpha value is -2.50. The van der Waals surface area contributed by atoms with Gasteiger partial charge in [0.1, 0.15) is 0 Å². The number of ketones is 1. The number of hydrogen-bond donors (Lipinski definition) is 1. The van der Waals surface area contributed by atoms with Crippen LogP contribution in [0, 0.1) is 0 Å². The maximum Gasteiger partial charge on any atom is 0.277 e. The molecule has 0 saturated heterocycles. The molecule has 0 aliphatic heterocycles. The molecule has 1 aromatic heterocycles. The van der Waals surface area contributed by atoms with Crippen molar-refractivity contribution in [2.24, 2.45) is 7.05 Å². The Bertz CT molecular complexity index is 604. The van der Waals surface area contributed by atoms with Gasteiger partial charge in [-0.05, 0) is 19.1 Å². The molecule has 18 heavy (non-hydrogen) atoms. The van der Waals surface area contributed by atoms with Gasteiger partial charge in [-0.15, -0.1) is 5.10 Å². The van der Waals surface area contributed by atoms with Gasteiger partial charge < -0.3 is 5.32 Å². The Labute approximate surface area is 104 Å². The maximum atomic E-state index is 11.8. The molecule has 0 bridgehead atoms. The van der Waals surface area contributed by atoms with Crippen LogP contribution < -0.4 is 5.32 Å². The number of nitrogens with one attached hydrogen (secondary N) is 1. The van der Waals surface area contributed by atoms with Crippen molar-refractivity contribution in [3.8, 4) is 0 Å². The van der Waals surface area contributed by atoms with Crippen LogP contribution in [0.4, 0.5) is 5.69 Å². The molecule has 6 heteroatoms. The Kier molecular flexibility index (Phi) is 3.18. The average molecular weight is 244 g/mol. The lowest BCUT2D eigenvalue weighted by Gasteiger charge is -2.04. The minimum absolute atomic E-state index is 0.0504. The predicted molar refractivity (Wildman–Crippen MR) is 65.4 cm³/mol. The lowest BCUT2D eigenvalue weighted by Crippen LogP contribution is -2.13. The molecule has 92 valence electrons. The second kappa shape index (κ2) is 4.79. The van der Waals surface area contributed by atoms with E-state index in [1.165, 1.54) is 17.9 Å². The van der Waals surface area contributed by atoms with Crippen LogP contribution in [0.1, 0.15) is 27.8 Å². The molecule has 0 unspecified atom stereocenters. The Balaban J connectivity index is 2.16. The van der Waals surface area contributed by atoms with Crippen molar-refractivity contribution >= 4 is 17.4 Å². The predicted octanol–water partition coefficient (Wildman–Crippen LogP) is 1.27. The number of benzene rings is 1. The molecule has 0 aliphatic carbocycles. The van der Waals surface area contributed by atoms with Crippen LogP contribution in [0.2, 0.25) is 0 Å². The van der Waals surface area contributed by atoms with Gasteiger partial charge in [-0.25, -0.2) is 0 Å². The first kappa shape index (κ1) is 12.0. The van der Waals surface area contributed by atoms with E-state index < -0.39 is 0 Å². The van der Waals surface area contributed by atoms with E-state index >= 15 is 0 Å². The van der Waals surface area contributed by atoms with Crippen LogP contribution >= 0.6 is 0 Å². The molecular formula is C12H12N4O2. The lowest BCUT2D eigenvalue weighted by atomic mass is 10.1. The van der Waals surface area contributed by atoms with E-state index in [4.69, 9.17) is 0 Å². The zero-order chi connectivity index (χ0) is 13.1. The summed E-state index contributed by atoms with van der Waals surface area (Å²) in [5.41, 5.74) is 1.33. The van der Waals surface area contributed by atoms with E-state index in [-0.39, 0.29) is 17.4 Å². The number of aryl methyl sites for hydroxylation is 1. The van der Waals surface area contributed by atoms with Crippen molar-refractivity contribution in [3.05, 3.63) is 41.7 Å². The van der Waals surface area contributed by atoms with E-state index in [1.807, 2.05) is 0 Å². The average Bonchev–Trinajstić information content (AvgIpc) is 2.76. The van der Waals surface area contributed by atoms with Crippen molar-refractivity contribution < 1.29 is 9.59 Å². The quantitative estimate of drug-likeness (QED) is 0.825. The smallest absolute Gasteiger partial charge is 0.277 e. The van der Waals surface area contributed by atoms with Crippen molar-refractivity contribution in [3.63, 3.8) is 0 Å². The van der Waals surface area contributed by atoms with Gasteiger partial charge in [0.05, 0.1) is 6.20 Å². The largest absolute Gasteiger partial charge is 0.321 e. The number of hydrogen-bond acceptors (Lipinski definition) is 4. The molecule has 0 spiro atoms. The summed E-state index contributed by atoms with van der Waals surface area (Å²) >= 11 is 0. The second-order valence-corrected chi connectivity index (χ2v) is 3.81. The summed E-state index contributed by atoms with van der Waals surface area (Å²) < 4.78 is 0. The summed E-state index contributed by atoms with van der Waals surface area (Å²) in [6, 6.07) is 6.74. The number of amides is 1. The molecule has 1 amide bonds. The van der Waals surface area contributed by atoms with E-state index in [9.17, 15) is 9.59 Å². The third-order valence-electron chi connectivity index (χ3n) is 2.36. The molecule has 6 nitrogen and oxygen atoms in total. The van der Waals surface area contributed by atoms with Gasteiger partial charge in [-0.2, -0.15) is 9.90 Å². The second-order valence-electron chi connectivity index (χ2n) is 3.81. The van der Waals surface area contributed by atoms with Gasteiger partial charge in [-0.1, -0.05) is 12.1 Å². The SMILES string of the molecule is CC(=O)c1cccc(NC(=O)c2cnn(C)n2)c1. The maximum absolute atomic E-state index is 11.8. The Morgan fingerprint density at radius 3 is 2.72 bits per heavy atom. The van der Waals surface area contributed by atoms with Gasteiger partial charge in [0.15, 0.2) is 11.5 Å². The van der Waals surface area contributed by atoms with E-state index in [2.05, 4.69) is 15.5 Å². The molecule has 1 aromatic carbocycles. The number of carbonyl (C=O) groups is 2. The van der Waals surface area contributed by atoms with E-state index in [0.717, 1.165) is 0 Å². The highest BCUT2D eigenvalue weighted by Crippen LogP contribution is 2.12. The van der Waals surface area contributed by atoms with Crippen molar-refractivity contribution in [2.45, 2.75) is 6.92 Å². The van der Waals surface area contributed by atoms with Crippen LogP contribution in [0.15, 0.2) is 30.5 Å². The normalized spacial score (nSPS) is 10.1. The van der Waals surface area contributed by atoms with Gasteiger partial charge in [-0.3, -0.25) is 9.59 Å². The van der Waals surface area contributed by atoms with Crippen LogP contribution in [0.3, 0.4) is 0 Å². The fraction of sp³-hybridized carbons (Fsp3) is 0.167. The molecule has 0 atom stereocenters. The summed E-state index contributed by atoms with van der Waals surface area (Å²) in [5, 5.41) is 10.4. The molecular weight excluding hydrogens is 232 g/mol. The monoisotopic (exact) mass is 244 g/mol. The summed E-state index contributed by atoms with van der Waals surface area (Å²) in [6.45, 7) is 1.48. The molecule has 1 heterocycles. The van der Waals surface area contributed by atoms with Crippen LogP contribution in [-0.2, 0) is 7.05 Å². The first-order chi connectivity index (χ1) is 8.56. The first-order valence-corrected chi connectivity index (χ1v) is 5.35. The summed E-state index contributed by atoms with van der Waals surface area (Å²) in [7, 11) is 1.63. The molecule has 0 aliphatic rings. The van der Waals surface area contributed by atoms with Gasteiger partial charge in [0, 0.05) is 18.3 Å². The van der Waals surface area contributed by atoms with E-state index in [1.54, 1.807) is 31.3 Å². The summed E-state index contributed by atoms with van der Waals surface area (Å²) in [5.74, 6) is -0.408. The molecule has 1 N–H and O–H groups in total. The third-order valence-corrected chi connectivity index (χ3v) is 2.36. The summed E-state index contributed by atoms with van der Waals surface area (Å²) in [4.78, 5) is 24.3. The van der Waals surface area contributed by atoms with E-state index in [0.29, 0.717) is 11.3 Å². The summed E-state index contributed by atoms with van der Waals surface area (Å²) in [6.07, 6.45) is 1.38.